The molecule has 3 aromatic carbocycles. The van der Waals surface area contributed by atoms with Crippen molar-refractivity contribution in [3.8, 4) is 5.69 Å². The molecule has 0 aliphatic rings. The van der Waals surface area contributed by atoms with Gasteiger partial charge >= 0.3 is 0 Å². The Morgan fingerprint density at radius 1 is 0.800 bits per heavy atom. The summed E-state index contributed by atoms with van der Waals surface area (Å²) in [5, 5.41) is 9.96. The van der Waals surface area contributed by atoms with Crippen molar-refractivity contribution < 1.29 is 9.59 Å². The Morgan fingerprint density at radius 2 is 1.53 bits per heavy atom. The number of nitrogens with zero attached hydrogens (tertiary/aromatic N) is 2. The van der Waals surface area contributed by atoms with Gasteiger partial charge in [0.2, 0.25) is 0 Å². The number of benzene rings is 3. The molecule has 148 valence electrons. The summed E-state index contributed by atoms with van der Waals surface area (Å²) in [7, 11) is 0. The molecule has 6 heteroatoms. The van der Waals surface area contributed by atoms with Crippen LogP contribution in [0.25, 0.3) is 5.69 Å². The van der Waals surface area contributed by atoms with Crippen molar-refractivity contribution in [3.05, 3.63) is 114 Å². The average Bonchev–Trinajstić information content (AvgIpc) is 3.33. The summed E-state index contributed by atoms with van der Waals surface area (Å²) in [5.41, 5.74) is 3.36. The lowest BCUT2D eigenvalue weighted by Crippen LogP contribution is -2.22. The highest BCUT2D eigenvalue weighted by Gasteiger charge is 2.13. The molecule has 1 aromatic heterocycles. The minimum Gasteiger partial charge on any atom is -0.348 e. The topological polar surface area (TPSA) is 76.0 Å². The van der Waals surface area contributed by atoms with Crippen LogP contribution in [-0.2, 0) is 6.54 Å². The SMILES string of the molecule is O=C(NCc1ccccc1)c1ccc(NC(=O)c2ccccc2-n2cccn2)cc1. The van der Waals surface area contributed by atoms with Crippen LogP contribution in [-0.4, -0.2) is 21.6 Å². The molecular formula is C24H20N4O2. The van der Waals surface area contributed by atoms with Crippen molar-refractivity contribution in [2.24, 2.45) is 0 Å². The lowest BCUT2D eigenvalue weighted by atomic mass is 10.1. The molecule has 0 unspecified atom stereocenters. The predicted octanol–water partition coefficient (Wildman–Crippen LogP) is 4.05. The summed E-state index contributed by atoms with van der Waals surface area (Å²) in [5.74, 6) is -0.414. The second-order valence-corrected chi connectivity index (χ2v) is 6.67. The molecule has 2 amide bonds. The summed E-state index contributed by atoms with van der Waals surface area (Å²) in [6.45, 7) is 0.461. The molecular weight excluding hydrogens is 376 g/mol. The van der Waals surface area contributed by atoms with Crippen molar-refractivity contribution in [1.29, 1.82) is 0 Å². The molecule has 1 heterocycles. The van der Waals surface area contributed by atoms with Gasteiger partial charge in [0.25, 0.3) is 11.8 Å². The zero-order chi connectivity index (χ0) is 20.8. The van der Waals surface area contributed by atoms with E-state index in [2.05, 4.69) is 15.7 Å². The van der Waals surface area contributed by atoms with Crippen molar-refractivity contribution in [2.45, 2.75) is 6.54 Å². The van der Waals surface area contributed by atoms with E-state index in [0.717, 1.165) is 5.56 Å². The zero-order valence-corrected chi connectivity index (χ0v) is 16.2. The number of amides is 2. The quantitative estimate of drug-likeness (QED) is 0.516. The lowest BCUT2D eigenvalue weighted by molar-refractivity contribution is 0.0950. The van der Waals surface area contributed by atoms with Gasteiger partial charge in [0, 0.05) is 30.2 Å². The van der Waals surface area contributed by atoms with Gasteiger partial charge in [0.15, 0.2) is 0 Å². The minimum atomic E-state index is -0.248. The van der Waals surface area contributed by atoms with Crippen molar-refractivity contribution in [1.82, 2.24) is 15.1 Å². The van der Waals surface area contributed by atoms with Crippen LogP contribution in [0.3, 0.4) is 0 Å². The number of hydrogen-bond acceptors (Lipinski definition) is 3. The average molecular weight is 396 g/mol. The Labute approximate surface area is 174 Å². The third-order valence-electron chi connectivity index (χ3n) is 4.60. The number of rotatable bonds is 6. The Bertz CT molecular complexity index is 1140. The summed E-state index contributed by atoms with van der Waals surface area (Å²) in [4.78, 5) is 25.1. The summed E-state index contributed by atoms with van der Waals surface area (Å²) < 4.78 is 1.65. The maximum absolute atomic E-state index is 12.8. The molecule has 0 fully saturated rings. The first kappa shape index (κ1) is 19.1. The van der Waals surface area contributed by atoms with Gasteiger partial charge in [-0.1, -0.05) is 42.5 Å². The standard InChI is InChI=1S/C24H20N4O2/c29-23(25-17-18-7-2-1-3-8-18)19-11-13-20(14-12-19)27-24(30)21-9-4-5-10-22(21)28-16-6-15-26-28/h1-16H,17H2,(H,25,29)(H,27,30). The van der Waals surface area contributed by atoms with E-state index in [1.807, 2.05) is 48.5 Å². The molecule has 0 saturated carbocycles. The van der Waals surface area contributed by atoms with Crippen molar-refractivity contribution in [3.63, 3.8) is 0 Å². The minimum absolute atomic E-state index is 0.166. The molecule has 0 aliphatic heterocycles. The van der Waals surface area contributed by atoms with Gasteiger partial charge in [0.1, 0.15) is 0 Å². The highest BCUT2D eigenvalue weighted by Crippen LogP contribution is 2.17. The van der Waals surface area contributed by atoms with E-state index >= 15 is 0 Å². The van der Waals surface area contributed by atoms with Gasteiger partial charge in [-0.05, 0) is 48.0 Å². The predicted molar refractivity (Wildman–Crippen MR) is 116 cm³/mol. The smallest absolute Gasteiger partial charge is 0.257 e. The summed E-state index contributed by atoms with van der Waals surface area (Å²) >= 11 is 0. The van der Waals surface area contributed by atoms with Crippen LogP contribution >= 0.6 is 0 Å². The van der Waals surface area contributed by atoms with E-state index in [0.29, 0.717) is 29.0 Å². The van der Waals surface area contributed by atoms with Gasteiger partial charge in [-0.3, -0.25) is 9.59 Å². The Balaban J connectivity index is 1.42. The van der Waals surface area contributed by atoms with Crippen LogP contribution in [0, 0.1) is 0 Å². The maximum atomic E-state index is 12.8. The fourth-order valence-corrected chi connectivity index (χ4v) is 3.06. The first-order valence-corrected chi connectivity index (χ1v) is 9.53. The maximum Gasteiger partial charge on any atom is 0.257 e. The lowest BCUT2D eigenvalue weighted by Gasteiger charge is -2.11. The molecule has 4 rings (SSSR count). The third kappa shape index (κ3) is 4.44. The molecule has 4 aromatic rings. The largest absolute Gasteiger partial charge is 0.348 e. The van der Waals surface area contributed by atoms with E-state index < -0.39 is 0 Å². The summed E-state index contributed by atoms with van der Waals surface area (Å²) in [6.07, 6.45) is 3.45. The normalized spacial score (nSPS) is 10.4. The van der Waals surface area contributed by atoms with Crippen LogP contribution in [0.1, 0.15) is 26.3 Å². The first-order valence-electron chi connectivity index (χ1n) is 9.53. The highest BCUT2D eigenvalue weighted by atomic mass is 16.2. The molecule has 30 heavy (non-hydrogen) atoms. The van der Waals surface area contributed by atoms with E-state index in [9.17, 15) is 9.59 Å². The molecule has 0 bridgehead atoms. The van der Waals surface area contributed by atoms with Crippen LogP contribution in [0.4, 0.5) is 5.69 Å². The fourth-order valence-electron chi connectivity index (χ4n) is 3.06. The molecule has 0 spiro atoms. The van der Waals surface area contributed by atoms with Gasteiger partial charge in [0.05, 0.1) is 11.3 Å². The molecule has 0 aliphatic carbocycles. The van der Waals surface area contributed by atoms with Crippen LogP contribution < -0.4 is 10.6 Å². The molecule has 0 atom stereocenters. The highest BCUT2D eigenvalue weighted by molar-refractivity contribution is 6.07. The van der Waals surface area contributed by atoms with Gasteiger partial charge in [-0.2, -0.15) is 5.10 Å². The second-order valence-electron chi connectivity index (χ2n) is 6.67. The van der Waals surface area contributed by atoms with Gasteiger partial charge in [-0.25, -0.2) is 4.68 Å². The van der Waals surface area contributed by atoms with E-state index in [4.69, 9.17) is 0 Å². The first-order chi connectivity index (χ1) is 14.7. The Kier molecular flexibility index (Phi) is 5.66. The van der Waals surface area contributed by atoms with Gasteiger partial charge in [-0.15, -0.1) is 0 Å². The van der Waals surface area contributed by atoms with Crippen molar-refractivity contribution >= 4 is 17.5 Å². The van der Waals surface area contributed by atoms with Gasteiger partial charge < -0.3 is 10.6 Å². The van der Waals surface area contributed by atoms with E-state index in [1.54, 1.807) is 53.5 Å². The second kappa shape index (κ2) is 8.87. The fraction of sp³-hybridized carbons (Fsp3) is 0.0417. The monoisotopic (exact) mass is 396 g/mol. The number of para-hydroxylation sites is 1. The number of hydrogen-bond donors (Lipinski definition) is 2. The van der Waals surface area contributed by atoms with Crippen molar-refractivity contribution in [2.75, 3.05) is 5.32 Å². The number of carbonyl (C=O) groups excluding carboxylic acids is 2. The van der Waals surface area contributed by atoms with Crippen LogP contribution in [0.2, 0.25) is 0 Å². The van der Waals surface area contributed by atoms with E-state index in [-0.39, 0.29) is 11.8 Å². The zero-order valence-electron chi connectivity index (χ0n) is 16.2. The van der Waals surface area contributed by atoms with E-state index in [1.165, 1.54) is 0 Å². The number of aromatic nitrogens is 2. The van der Waals surface area contributed by atoms with Crippen LogP contribution in [0.5, 0.6) is 0 Å². The number of anilines is 1. The van der Waals surface area contributed by atoms with Crippen LogP contribution in [0.15, 0.2) is 97.3 Å². The number of carbonyl (C=O) groups is 2. The number of nitrogens with one attached hydrogen (secondary N) is 2. The Hall–Kier alpha value is -4.19. The third-order valence-corrected chi connectivity index (χ3v) is 4.60. The molecule has 6 nitrogen and oxygen atoms in total. The molecule has 0 radical (unpaired) electrons. The Morgan fingerprint density at radius 3 is 2.27 bits per heavy atom. The molecule has 2 N–H and O–H groups in total. The summed E-state index contributed by atoms with van der Waals surface area (Å²) in [6, 6.07) is 25.6. The molecule has 0 saturated heterocycles.